The van der Waals surface area contributed by atoms with E-state index in [4.69, 9.17) is 14.2 Å². The molecule has 0 saturated heterocycles. The van der Waals surface area contributed by atoms with Gasteiger partial charge in [0.1, 0.15) is 4.91 Å². The first-order valence-electron chi connectivity index (χ1n) is 7.84. The third-order valence-electron chi connectivity index (χ3n) is 3.67. The average Bonchev–Trinajstić information content (AvgIpc) is 3.08. The minimum atomic E-state index is -1.03. The molecule has 27 heavy (non-hydrogen) atoms. The van der Waals surface area contributed by atoms with Gasteiger partial charge in [-0.15, -0.1) is 11.3 Å². The topological polar surface area (TPSA) is 77.9 Å². The van der Waals surface area contributed by atoms with E-state index in [9.17, 15) is 9.90 Å². The maximum Gasteiger partial charge on any atom is 0.342 e. The third-order valence-corrected chi connectivity index (χ3v) is 5.78. The van der Waals surface area contributed by atoms with Crippen LogP contribution in [0.25, 0.3) is 16.3 Å². The van der Waals surface area contributed by atoms with E-state index in [2.05, 4.69) is 4.98 Å². The zero-order chi connectivity index (χ0) is 19.4. The number of aliphatic carboxylic acids is 1. The van der Waals surface area contributed by atoms with Gasteiger partial charge in [0.05, 0.1) is 31.5 Å². The SMILES string of the molecule is COc1cc(/C=C(/Sc2nc3ccccc3s2)C(=O)O)cc(OC)c1OC. The Balaban J connectivity index is 1.99. The van der Waals surface area contributed by atoms with Gasteiger partial charge in [-0.05, 0) is 35.9 Å². The van der Waals surface area contributed by atoms with E-state index in [0.29, 0.717) is 27.2 Å². The number of benzene rings is 2. The van der Waals surface area contributed by atoms with Crippen molar-refractivity contribution in [1.82, 2.24) is 4.98 Å². The highest BCUT2D eigenvalue weighted by Gasteiger charge is 2.16. The molecular weight excluding hydrogens is 386 g/mol. The monoisotopic (exact) mass is 403 g/mol. The van der Waals surface area contributed by atoms with Gasteiger partial charge in [-0.25, -0.2) is 9.78 Å². The fourth-order valence-electron chi connectivity index (χ4n) is 2.46. The molecule has 0 radical (unpaired) electrons. The average molecular weight is 403 g/mol. The molecule has 0 unspecified atom stereocenters. The molecule has 0 saturated carbocycles. The fourth-order valence-corrected chi connectivity index (χ4v) is 4.48. The molecule has 3 aromatic rings. The van der Waals surface area contributed by atoms with Crippen molar-refractivity contribution < 1.29 is 24.1 Å². The van der Waals surface area contributed by atoms with Crippen molar-refractivity contribution in [3.63, 3.8) is 0 Å². The van der Waals surface area contributed by atoms with Gasteiger partial charge in [0.25, 0.3) is 0 Å². The highest BCUT2D eigenvalue weighted by molar-refractivity contribution is 8.05. The summed E-state index contributed by atoms with van der Waals surface area (Å²) >= 11 is 2.56. The number of carbonyl (C=O) groups is 1. The number of ether oxygens (including phenoxy) is 3. The molecule has 140 valence electrons. The molecule has 1 heterocycles. The van der Waals surface area contributed by atoms with Crippen molar-refractivity contribution in [2.24, 2.45) is 0 Å². The Morgan fingerprint density at radius 2 is 1.78 bits per heavy atom. The number of methoxy groups -OCH3 is 3. The normalized spacial score (nSPS) is 11.4. The van der Waals surface area contributed by atoms with Crippen molar-refractivity contribution >= 4 is 45.4 Å². The van der Waals surface area contributed by atoms with E-state index in [-0.39, 0.29) is 4.91 Å². The molecular formula is C19H17NO5S2. The van der Waals surface area contributed by atoms with Gasteiger partial charge in [-0.2, -0.15) is 0 Å². The van der Waals surface area contributed by atoms with Crippen LogP contribution in [0.1, 0.15) is 5.56 Å². The van der Waals surface area contributed by atoms with E-state index in [1.165, 1.54) is 32.7 Å². The summed E-state index contributed by atoms with van der Waals surface area (Å²) in [4.78, 5) is 16.4. The Labute approximate surface area is 164 Å². The summed E-state index contributed by atoms with van der Waals surface area (Å²) < 4.78 is 17.6. The van der Waals surface area contributed by atoms with Crippen LogP contribution < -0.4 is 14.2 Å². The molecule has 0 fully saturated rings. The van der Waals surface area contributed by atoms with E-state index in [1.807, 2.05) is 24.3 Å². The first-order chi connectivity index (χ1) is 13.0. The molecule has 3 rings (SSSR count). The lowest BCUT2D eigenvalue weighted by molar-refractivity contribution is -0.131. The lowest BCUT2D eigenvalue weighted by Crippen LogP contribution is -1.98. The fraction of sp³-hybridized carbons (Fsp3) is 0.158. The van der Waals surface area contributed by atoms with Gasteiger partial charge in [0.15, 0.2) is 15.8 Å². The zero-order valence-corrected chi connectivity index (χ0v) is 16.5. The Kier molecular flexibility index (Phi) is 5.88. The summed E-state index contributed by atoms with van der Waals surface area (Å²) in [6, 6.07) is 11.1. The van der Waals surface area contributed by atoms with Crippen molar-refractivity contribution in [1.29, 1.82) is 0 Å². The molecule has 8 heteroatoms. The molecule has 0 atom stereocenters. The van der Waals surface area contributed by atoms with Crippen LogP contribution in [0.15, 0.2) is 45.6 Å². The molecule has 0 aliphatic rings. The van der Waals surface area contributed by atoms with Gasteiger partial charge < -0.3 is 19.3 Å². The van der Waals surface area contributed by atoms with E-state index < -0.39 is 5.97 Å². The van der Waals surface area contributed by atoms with Crippen molar-refractivity contribution in [2.45, 2.75) is 4.34 Å². The van der Waals surface area contributed by atoms with Gasteiger partial charge in [-0.3, -0.25) is 0 Å². The lowest BCUT2D eigenvalue weighted by atomic mass is 10.1. The van der Waals surface area contributed by atoms with Crippen LogP contribution >= 0.6 is 23.1 Å². The van der Waals surface area contributed by atoms with Crippen LogP contribution in [0, 0.1) is 0 Å². The van der Waals surface area contributed by atoms with Gasteiger partial charge >= 0.3 is 5.97 Å². The van der Waals surface area contributed by atoms with Crippen LogP contribution in [-0.2, 0) is 4.79 Å². The van der Waals surface area contributed by atoms with Crippen LogP contribution in [-0.4, -0.2) is 37.4 Å². The highest BCUT2D eigenvalue weighted by Crippen LogP contribution is 2.40. The van der Waals surface area contributed by atoms with Crippen LogP contribution in [0.4, 0.5) is 0 Å². The number of fused-ring (bicyclic) bond motifs is 1. The molecule has 0 bridgehead atoms. The Bertz CT molecular complexity index is 954. The highest BCUT2D eigenvalue weighted by atomic mass is 32.2. The molecule has 0 spiro atoms. The van der Waals surface area contributed by atoms with Crippen molar-refractivity contribution in [3.8, 4) is 17.2 Å². The van der Waals surface area contributed by atoms with E-state index in [0.717, 1.165) is 22.0 Å². The summed E-state index contributed by atoms with van der Waals surface area (Å²) in [5, 5.41) is 9.63. The number of nitrogens with zero attached hydrogens (tertiary/aromatic N) is 1. The van der Waals surface area contributed by atoms with E-state index >= 15 is 0 Å². The minimum absolute atomic E-state index is 0.142. The van der Waals surface area contributed by atoms with Crippen LogP contribution in [0.3, 0.4) is 0 Å². The molecule has 2 aromatic carbocycles. The maximum atomic E-state index is 11.8. The quantitative estimate of drug-likeness (QED) is 0.458. The molecule has 1 aromatic heterocycles. The summed E-state index contributed by atoms with van der Waals surface area (Å²) in [5.41, 5.74) is 1.47. The Hall–Kier alpha value is -2.71. The number of carboxylic acid groups (broad SMARTS) is 1. The molecule has 6 nitrogen and oxygen atoms in total. The second kappa shape index (κ2) is 8.32. The predicted molar refractivity (Wildman–Crippen MR) is 107 cm³/mol. The summed E-state index contributed by atoms with van der Waals surface area (Å²) in [6.07, 6.45) is 1.56. The number of thioether (sulfide) groups is 1. The minimum Gasteiger partial charge on any atom is -0.493 e. The number of rotatable bonds is 7. The van der Waals surface area contributed by atoms with E-state index in [1.54, 1.807) is 18.2 Å². The number of aromatic nitrogens is 1. The smallest absolute Gasteiger partial charge is 0.342 e. The van der Waals surface area contributed by atoms with Crippen LogP contribution in [0.5, 0.6) is 17.2 Å². The summed E-state index contributed by atoms with van der Waals surface area (Å²) in [6.45, 7) is 0. The molecule has 1 N–H and O–H groups in total. The third kappa shape index (κ3) is 4.17. The number of carboxylic acids is 1. The summed E-state index contributed by atoms with van der Waals surface area (Å²) in [5.74, 6) is 0.330. The number of hydrogen-bond donors (Lipinski definition) is 1. The zero-order valence-electron chi connectivity index (χ0n) is 14.9. The van der Waals surface area contributed by atoms with Gasteiger partial charge in [-0.1, -0.05) is 23.9 Å². The van der Waals surface area contributed by atoms with Crippen molar-refractivity contribution in [3.05, 3.63) is 46.9 Å². The largest absolute Gasteiger partial charge is 0.493 e. The molecule has 0 aliphatic heterocycles. The Morgan fingerprint density at radius 3 is 2.33 bits per heavy atom. The van der Waals surface area contributed by atoms with Crippen LogP contribution in [0.2, 0.25) is 0 Å². The number of para-hydroxylation sites is 1. The maximum absolute atomic E-state index is 11.8. The number of hydrogen-bond acceptors (Lipinski definition) is 7. The second-order valence-corrected chi connectivity index (χ2v) is 7.64. The van der Waals surface area contributed by atoms with Gasteiger partial charge in [0, 0.05) is 0 Å². The Morgan fingerprint density at radius 1 is 1.11 bits per heavy atom. The molecule has 0 aliphatic carbocycles. The second-order valence-electron chi connectivity index (χ2n) is 5.32. The van der Waals surface area contributed by atoms with Gasteiger partial charge in [0.2, 0.25) is 5.75 Å². The molecule has 0 amide bonds. The van der Waals surface area contributed by atoms with Crippen molar-refractivity contribution in [2.75, 3.05) is 21.3 Å². The number of thiazole rings is 1. The first kappa shape index (κ1) is 19.1. The summed E-state index contributed by atoms with van der Waals surface area (Å²) in [7, 11) is 4.54. The standard InChI is InChI=1S/C19H17NO5S2/c1-23-13-8-11(9-14(24-2)17(13)25-3)10-16(18(21)22)27-19-20-12-6-4-5-7-15(12)26-19/h4-10H,1-3H3,(H,21,22)/b16-10+. The predicted octanol–water partition coefficient (Wildman–Crippen LogP) is 4.54. The first-order valence-corrected chi connectivity index (χ1v) is 9.47. The lowest BCUT2D eigenvalue weighted by Gasteiger charge is -2.13.